The Morgan fingerprint density at radius 3 is 2.31 bits per heavy atom. The molecular weight excluding hydrogens is 228 g/mol. The molecule has 0 saturated heterocycles. The summed E-state index contributed by atoms with van der Waals surface area (Å²) in [5.41, 5.74) is -0.283. The molecule has 0 saturated carbocycles. The minimum Gasteiger partial charge on any atom is -0.507 e. The zero-order chi connectivity index (χ0) is 12.6. The van der Waals surface area contributed by atoms with Crippen molar-refractivity contribution in [3.63, 3.8) is 0 Å². The molecule has 1 aromatic rings. The molecule has 0 aliphatic heterocycles. The number of benzene rings is 1. The van der Waals surface area contributed by atoms with Crippen molar-refractivity contribution in [3.05, 3.63) is 23.8 Å². The molecule has 16 heavy (non-hydrogen) atoms. The number of rotatable bonds is 3. The summed E-state index contributed by atoms with van der Waals surface area (Å²) in [6, 6.07) is 4.50. The van der Waals surface area contributed by atoms with Crippen LogP contribution in [0.3, 0.4) is 0 Å². The van der Waals surface area contributed by atoms with Gasteiger partial charge in [-0.1, -0.05) is 26.0 Å². The van der Waals surface area contributed by atoms with E-state index in [-0.39, 0.29) is 17.3 Å². The number of hydrogen-bond donors (Lipinski definition) is 2. The van der Waals surface area contributed by atoms with Gasteiger partial charge in [0, 0.05) is 11.7 Å². The molecule has 0 aliphatic rings. The second kappa shape index (κ2) is 4.07. The summed E-state index contributed by atoms with van der Waals surface area (Å²) in [5.74, 6) is -0.276. The Morgan fingerprint density at radius 1 is 1.31 bits per heavy atom. The number of phenols is 1. The van der Waals surface area contributed by atoms with Crippen molar-refractivity contribution in [1.82, 2.24) is 0 Å². The van der Waals surface area contributed by atoms with Crippen LogP contribution in [0.4, 0.5) is 0 Å². The topological polar surface area (TPSA) is 74.6 Å². The number of phenolic OH excluding ortho intramolecular Hbond substituents is 1. The standard InChI is InChI=1S/C11H16O4S/c1-11(2,7-12)8-5-4-6-9(13)10(8)16(3,14)15/h4-6,12-13H,7H2,1-3H3. The van der Waals surface area contributed by atoms with Gasteiger partial charge < -0.3 is 10.2 Å². The van der Waals surface area contributed by atoms with Crippen LogP contribution in [0, 0.1) is 0 Å². The predicted molar refractivity (Wildman–Crippen MR) is 61.3 cm³/mol. The van der Waals surface area contributed by atoms with E-state index < -0.39 is 15.3 Å². The fourth-order valence-electron chi connectivity index (χ4n) is 1.53. The molecule has 4 nitrogen and oxygen atoms in total. The van der Waals surface area contributed by atoms with E-state index in [1.165, 1.54) is 6.07 Å². The highest BCUT2D eigenvalue weighted by molar-refractivity contribution is 7.90. The van der Waals surface area contributed by atoms with E-state index >= 15 is 0 Å². The predicted octanol–water partition coefficient (Wildman–Crippen LogP) is 1.07. The van der Waals surface area contributed by atoms with Crippen LogP contribution < -0.4 is 0 Å². The highest BCUT2D eigenvalue weighted by Crippen LogP contribution is 2.34. The van der Waals surface area contributed by atoms with Crippen LogP contribution in [0.25, 0.3) is 0 Å². The van der Waals surface area contributed by atoms with E-state index in [0.29, 0.717) is 5.56 Å². The van der Waals surface area contributed by atoms with Crippen molar-refractivity contribution in [3.8, 4) is 5.75 Å². The lowest BCUT2D eigenvalue weighted by atomic mass is 9.85. The summed E-state index contributed by atoms with van der Waals surface area (Å²) in [4.78, 5) is -0.103. The van der Waals surface area contributed by atoms with Crippen LogP contribution in [-0.2, 0) is 15.3 Å². The summed E-state index contributed by atoms with van der Waals surface area (Å²) >= 11 is 0. The number of sulfone groups is 1. The van der Waals surface area contributed by atoms with Crippen LogP contribution >= 0.6 is 0 Å². The Kier molecular flexibility index (Phi) is 3.30. The third-order valence-corrected chi connectivity index (χ3v) is 3.66. The lowest BCUT2D eigenvalue weighted by Gasteiger charge is -2.25. The van der Waals surface area contributed by atoms with Gasteiger partial charge in [0.05, 0.1) is 6.61 Å². The van der Waals surface area contributed by atoms with E-state index in [2.05, 4.69) is 0 Å². The van der Waals surface area contributed by atoms with Gasteiger partial charge in [0.2, 0.25) is 0 Å². The molecule has 0 aliphatic carbocycles. The Labute approximate surface area is 95.5 Å². The van der Waals surface area contributed by atoms with Crippen LogP contribution in [0.5, 0.6) is 5.75 Å². The Morgan fingerprint density at radius 2 is 1.88 bits per heavy atom. The normalized spacial score (nSPS) is 12.8. The minimum absolute atomic E-state index is 0.103. The number of aliphatic hydroxyl groups is 1. The van der Waals surface area contributed by atoms with Gasteiger partial charge in [-0.2, -0.15) is 0 Å². The Bertz CT molecular complexity index is 489. The smallest absolute Gasteiger partial charge is 0.179 e. The second-order valence-corrected chi connectivity index (χ2v) is 6.42. The van der Waals surface area contributed by atoms with Gasteiger partial charge in [0.1, 0.15) is 10.6 Å². The van der Waals surface area contributed by atoms with E-state index in [4.69, 9.17) is 0 Å². The monoisotopic (exact) mass is 244 g/mol. The highest BCUT2D eigenvalue weighted by Gasteiger charge is 2.28. The molecule has 0 radical (unpaired) electrons. The molecule has 0 atom stereocenters. The number of hydrogen-bond acceptors (Lipinski definition) is 4. The van der Waals surface area contributed by atoms with Crippen molar-refractivity contribution in [2.75, 3.05) is 12.9 Å². The number of aliphatic hydroxyl groups excluding tert-OH is 1. The summed E-state index contributed by atoms with van der Waals surface area (Å²) in [6.07, 6.45) is 1.04. The first kappa shape index (κ1) is 13.0. The summed E-state index contributed by atoms with van der Waals surface area (Å²) < 4.78 is 23.2. The molecule has 5 heteroatoms. The SMILES string of the molecule is CC(C)(CO)c1cccc(O)c1S(C)(=O)=O. The molecule has 1 aromatic carbocycles. The van der Waals surface area contributed by atoms with Crippen LogP contribution in [-0.4, -0.2) is 31.5 Å². The molecule has 2 N–H and O–H groups in total. The first-order valence-electron chi connectivity index (χ1n) is 4.83. The lowest BCUT2D eigenvalue weighted by Crippen LogP contribution is -2.24. The van der Waals surface area contributed by atoms with Crippen molar-refractivity contribution >= 4 is 9.84 Å². The Balaban J connectivity index is 3.60. The van der Waals surface area contributed by atoms with Crippen LogP contribution in [0.15, 0.2) is 23.1 Å². The fourth-order valence-corrected chi connectivity index (χ4v) is 2.72. The Hall–Kier alpha value is -1.07. The van der Waals surface area contributed by atoms with Gasteiger partial charge in [0.15, 0.2) is 9.84 Å². The average molecular weight is 244 g/mol. The van der Waals surface area contributed by atoms with Crippen molar-refractivity contribution in [2.24, 2.45) is 0 Å². The van der Waals surface area contributed by atoms with Gasteiger partial charge in [-0.05, 0) is 11.6 Å². The van der Waals surface area contributed by atoms with E-state index in [1.54, 1.807) is 26.0 Å². The number of aromatic hydroxyl groups is 1. The summed E-state index contributed by atoms with van der Waals surface area (Å²) in [5, 5.41) is 18.9. The largest absolute Gasteiger partial charge is 0.507 e. The maximum Gasteiger partial charge on any atom is 0.179 e. The van der Waals surface area contributed by atoms with E-state index in [0.717, 1.165) is 6.26 Å². The summed E-state index contributed by atoms with van der Waals surface area (Å²) in [7, 11) is -3.52. The van der Waals surface area contributed by atoms with Crippen LogP contribution in [0.2, 0.25) is 0 Å². The van der Waals surface area contributed by atoms with Gasteiger partial charge in [0.25, 0.3) is 0 Å². The minimum atomic E-state index is -3.52. The molecular formula is C11H16O4S. The highest BCUT2D eigenvalue weighted by atomic mass is 32.2. The quantitative estimate of drug-likeness (QED) is 0.834. The molecule has 0 spiro atoms. The van der Waals surface area contributed by atoms with Gasteiger partial charge >= 0.3 is 0 Å². The van der Waals surface area contributed by atoms with Crippen molar-refractivity contribution in [2.45, 2.75) is 24.2 Å². The zero-order valence-electron chi connectivity index (χ0n) is 9.56. The third kappa shape index (κ3) is 2.36. The molecule has 0 heterocycles. The average Bonchev–Trinajstić information content (AvgIpc) is 2.15. The molecule has 0 unspecified atom stereocenters. The van der Waals surface area contributed by atoms with E-state index in [1.807, 2.05) is 0 Å². The first-order valence-corrected chi connectivity index (χ1v) is 6.72. The molecule has 0 bridgehead atoms. The molecule has 0 fully saturated rings. The fraction of sp³-hybridized carbons (Fsp3) is 0.455. The molecule has 0 amide bonds. The zero-order valence-corrected chi connectivity index (χ0v) is 10.4. The van der Waals surface area contributed by atoms with Crippen LogP contribution in [0.1, 0.15) is 19.4 Å². The van der Waals surface area contributed by atoms with Gasteiger partial charge in [-0.3, -0.25) is 0 Å². The second-order valence-electron chi connectivity index (χ2n) is 4.47. The maximum atomic E-state index is 11.6. The van der Waals surface area contributed by atoms with Crippen molar-refractivity contribution < 1.29 is 18.6 Å². The van der Waals surface area contributed by atoms with Gasteiger partial charge in [-0.25, -0.2) is 8.42 Å². The molecule has 1 rings (SSSR count). The maximum absolute atomic E-state index is 11.6. The first-order chi connectivity index (χ1) is 7.20. The lowest BCUT2D eigenvalue weighted by molar-refractivity contribution is 0.216. The summed E-state index contributed by atoms with van der Waals surface area (Å²) in [6.45, 7) is 3.24. The third-order valence-electron chi connectivity index (χ3n) is 2.49. The molecule has 90 valence electrons. The van der Waals surface area contributed by atoms with Gasteiger partial charge in [-0.15, -0.1) is 0 Å². The van der Waals surface area contributed by atoms with E-state index in [9.17, 15) is 18.6 Å². The van der Waals surface area contributed by atoms with Crippen molar-refractivity contribution in [1.29, 1.82) is 0 Å². The molecule has 0 aromatic heterocycles.